The van der Waals surface area contributed by atoms with Crippen LogP contribution in [0.15, 0.2) is 0 Å². The van der Waals surface area contributed by atoms with Gasteiger partial charge in [0.15, 0.2) is 6.29 Å². The minimum absolute atomic E-state index is 0.0559. The van der Waals surface area contributed by atoms with E-state index in [4.69, 9.17) is 14.2 Å². The molecule has 120 valence electrons. The topological polar surface area (TPSA) is 68.2 Å². The summed E-state index contributed by atoms with van der Waals surface area (Å²) in [6.07, 6.45) is 3.12. The van der Waals surface area contributed by atoms with Gasteiger partial charge in [0.25, 0.3) is 0 Å². The lowest BCUT2D eigenvalue weighted by Gasteiger charge is -2.30. The van der Waals surface area contributed by atoms with E-state index in [0.29, 0.717) is 13.2 Å². The van der Waals surface area contributed by atoms with E-state index in [1.165, 1.54) is 0 Å². The van der Waals surface area contributed by atoms with Gasteiger partial charge in [-0.3, -0.25) is 9.69 Å². The third-order valence-electron chi connectivity index (χ3n) is 4.73. The average Bonchev–Trinajstić information content (AvgIpc) is 2.99. The fraction of sp³-hybridized carbons (Fsp3) is 0.933. The van der Waals surface area contributed by atoms with Gasteiger partial charge in [-0.1, -0.05) is 0 Å². The van der Waals surface area contributed by atoms with Crippen molar-refractivity contribution >= 4 is 5.97 Å². The predicted octanol–water partition coefficient (Wildman–Crippen LogP) is 0.526. The quantitative estimate of drug-likeness (QED) is 0.764. The fourth-order valence-corrected chi connectivity index (χ4v) is 3.80. The van der Waals surface area contributed by atoms with Crippen LogP contribution in [0.3, 0.4) is 0 Å². The van der Waals surface area contributed by atoms with Crippen molar-refractivity contribution in [2.75, 3.05) is 26.3 Å². The maximum Gasteiger partial charge on any atom is 0.313 e. The maximum absolute atomic E-state index is 12.1. The summed E-state index contributed by atoms with van der Waals surface area (Å²) in [5.74, 6) is -0.807. The summed E-state index contributed by atoms with van der Waals surface area (Å²) in [6, 6.07) is -0.0791. The van der Waals surface area contributed by atoms with Crippen molar-refractivity contribution < 1.29 is 24.1 Å². The zero-order valence-corrected chi connectivity index (χ0v) is 12.6. The predicted molar refractivity (Wildman–Crippen MR) is 74.6 cm³/mol. The number of hydrogen-bond donors (Lipinski definition) is 1. The Bertz CT molecular complexity index is 371. The molecule has 0 aromatic carbocycles. The number of carbonyl (C=O) groups is 1. The standard InChI is InChI=1S/C15H25NO5/c1-2-19-15(18)13-10(17)9-16-7-6-11(14(13)16)21-12-5-3-4-8-20-12/h10-14,17H,2-9H2,1H3/t10-,11-,12?,13+,14-/m0/s1. The Morgan fingerprint density at radius 1 is 1.38 bits per heavy atom. The van der Waals surface area contributed by atoms with Gasteiger partial charge in [0.05, 0.1) is 24.9 Å². The average molecular weight is 299 g/mol. The minimum Gasteiger partial charge on any atom is -0.466 e. The summed E-state index contributed by atoms with van der Waals surface area (Å²) in [5.41, 5.74) is 0. The number of carbonyl (C=O) groups excluding carboxylic acids is 1. The fourth-order valence-electron chi connectivity index (χ4n) is 3.80. The first-order valence-electron chi connectivity index (χ1n) is 8.06. The molecule has 1 N–H and O–H groups in total. The van der Waals surface area contributed by atoms with Gasteiger partial charge in [-0.05, 0) is 32.6 Å². The minimum atomic E-state index is -0.660. The van der Waals surface area contributed by atoms with Gasteiger partial charge in [-0.25, -0.2) is 0 Å². The molecule has 3 rings (SSSR count). The Kier molecular flexibility index (Phi) is 4.78. The van der Waals surface area contributed by atoms with Crippen molar-refractivity contribution in [3.63, 3.8) is 0 Å². The number of aliphatic hydroxyl groups is 1. The molecule has 0 aromatic rings. The molecular weight excluding hydrogens is 274 g/mol. The zero-order chi connectivity index (χ0) is 14.8. The smallest absolute Gasteiger partial charge is 0.313 e. The highest BCUT2D eigenvalue weighted by atomic mass is 16.7. The van der Waals surface area contributed by atoms with Crippen LogP contribution in [0.5, 0.6) is 0 Å². The molecule has 0 aromatic heterocycles. The van der Waals surface area contributed by atoms with Crippen molar-refractivity contribution in [2.24, 2.45) is 5.92 Å². The zero-order valence-electron chi connectivity index (χ0n) is 12.6. The lowest BCUT2D eigenvalue weighted by Crippen LogP contribution is -2.43. The van der Waals surface area contributed by atoms with Gasteiger partial charge in [0, 0.05) is 19.7 Å². The molecule has 3 heterocycles. The van der Waals surface area contributed by atoms with Crippen LogP contribution in [-0.4, -0.2) is 66.8 Å². The highest BCUT2D eigenvalue weighted by molar-refractivity contribution is 5.74. The third kappa shape index (κ3) is 3.08. The summed E-state index contributed by atoms with van der Waals surface area (Å²) in [5, 5.41) is 10.2. The number of esters is 1. The number of rotatable bonds is 4. The van der Waals surface area contributed by atoms with E-state index >= 15 is 0 Å². The highest BCUT2D eigenvalue weighted by Gasteiger charge is 2.53. The van der Waals surface area contributed by atoms with Crippen LogP contribution < -0.4 is 0 Å². The van der Waals surface area contributed by atoms with Crippen molar-refractivity contribution in [3.05, 3.63) is 0 Å². The lowest BCUT2D eigenvalue weighted by atomic mass is 9.94. The van der Waals surface area contributed by atoms with Crippen LogP contribution in [0, 0.1) is 5.92 Å². The molecule has 1 unspecified atom stereocenters. The number of nitrogens with zero attached hydrogens (tertiary/aromatic N) is 1. The van der Waals surface area contributed by atoms with Crippen molar-refractivity contribution in [2.45, 2.75) is 57.1 Å². The molecule has 3 saturated heterocycles. The van der Waals surface area contributed by atoms with E-state index < -0.39 is 12.0 Å². The van der Waals surface area contributed by atoms with Crippen molar-refractivity contribution in [1.82, 2.24) is 4.90 Å². The molecule has 0 aliphatic carbocycles. The van der Waals surface area contributed by atoms with Crippen LogP contribution in [0.2, 0.25) is 0 Å². The van der Waals surface area contributed by atoms with Crippen LogP contribution in [-0.2, 0) is 19.0 Å². The second-order valence-corrected chi connectivity index (χ2v) is 6.09. The Morgan fingerprint density at radius 2 is 2.24 bits per heavy atom. The summed E-state index contributed by atoms with van der Waals surface area (Å²) in [7, 11) is 0. The van der Waals surface area contributed by atoms with E-state index in [0.717, 1.165) is 38.8 Å². The number of ether oxygens (including phenoxy) is 3. The van der Waals surface area contributed by atoms with Gasteiger partial charge in [0.1, 0.15) is 5.92 Å². The van der Waals surface area contributed by atoms with Crippen LogP contribution in [0.25, 0.3) is 0 Å². The highest BCUT2D eigenvalue weighted by Crippen LogP contribution is 2.36. The molecule has 3 aliphatic heterocycles. The lowest BCUT2D eigenvalue weighted by molar-refractivity contribution is -0.195. The van der Waals surface area contributed by atoms with Gasteiger partial charge in [0.2, 0.25) is 0 Å². The van der Waals surface area contributed by atoms with Gasteiger partial charge >= 0.3 is 5.97 Å². The van der Waals surface area contributed by atoms with Crippen LogP contribution in [0.4, 0.5) is 0 Å². The Morgan fingerprint density at radius 3 is 2.95 bits per heavy atom. The number of fused-ring (bicyclic) bond motifs is 1. The summed E-state index contributed by atoms with van der Waals surface area (Å²) < 4.78 is 16.9. The van der Waals surface area contributed by atoms with Crippen molar-refractivity contribution in [1.29, 1.82) is 0 Å². The van der Waals surface area contributed by atoms with E-state index in [1.807, 2.05) is 0 Å². The molecule has 0 radical (unpaired) electrons. The monoisotopic (exact) mass is 299 g/mol. The van der Waals surface area contributed by atoms with E-state index in [9.17, 15) is 9.90 Å². The molecule has 0 bridgehead atoms. The maximum atomic E-state index is 12.1. The molecule has 0 spiro atoms. The van der Waals surface area contributed by atoms with Crippen molar-refractivity contribution in [3.8, 4) is 0 Å². The van der Waals surface area contributed by atoms with Gasteiger partial charge in [-0.15, -0.1) is 0 Å². The molecule has 0 saturated carbocycles. The molecule has 21 heavy (non-hydrogen) atoms. The van der Waals surface area contributed by atoms with E-state index in [1.54, 1.807) is 6.92 Å². The summed E-state index contributed by atoms with van der Waals surface area (Å²) in [6.45, 7) is 4.26. The molecule has 5 atom stereocenters. The normalized spacial score (nSPS) is 40.2. The number of hydrogen-bond acceptors (Lipinski definition) is 6. The number of aliphatic hydroxyl groups excluding tert-OH is 1. The first-order chi connectivity index (χ1) is 10.2. The Balaban J connectivity index is 1.66. The van der Waals surface area contributed by atoms with Gasteiger partial charge < -0.3 is 19.3 Å². The Labute approximate surface area is 125 Å². The first kappa shape index (κ1) is 15.2. The molecule has 0 amide bonds. The summed E-state index contributed by atoms with van der Waals surface area (Å²) in [4.78, 5) is 14.3. The summed E-state index contributed by atoms with van der Waals surface area (Å²) >= 11 is 0. The SMILES string of the molecule is CCOC(=O)[C@H]1[C@@H]2[C@@H](OC3CCCCO3)CCN2C[C@@H]1O. The largest absolute Gasteiger partial charge is 0.466 e. The second kappa shape index (κ2) is 6.60. The van der Waals surface area contributed by atoms with E-state index in [-0.39, 0.29) is 24.4 Å². The second-order valence-electron chi connectivity index (χ2n) is 6.09. The van der Waals surface area contributed by atoms with Gasteiger partial charge in [-0.2, -0.15) is 0 Å². The molecule has 3 fully saturated rings. The molecule has 3 aliphatic rings. The van der Waals surface area contributed by atoms with Crippen LogP contribution in [0.1, 0.15) is 32.6 Å². The van der Waals surface area contributed by atoms with Crippen LogP contribution >= 0.6 is 0 Å². The van der Waals surface area contributed by atoms with E-state index in [2.05, 4.69) is 4.90 Å². The molecule has 6 nitrogen and oxygen atoms in total. The molecular formula is C15H25NO5. The third-order valence-corrected chi connectivity index (χ3v) is 4.73. The molecule has 6 heteroatoms. The Hall–Kier alpha value is -0.690. The first-order valence-corrected chi connectivity index (χ1v) is 8.06.